The number of fused-ring (bicyclic) bond motifs is 1. The predicted octanol–water partition coefficient (Wildman–Crippen LogP) is 3.18. The monoisotopic (exact) mass is 369 g/mol. The summed E-state index contributed by atoms with van der Waals surface area (Å²) in [5, 5.41) is 3.65. The molecule has 1 aliphatic rings. The highest BCUT2D eigenvalue weighted by Gasteiger charge is 2.25. The molecule has 1 aromatic heterocycles. The average molecular weight is 370 g/mol. The third kappa shape index (κ3) is 4.89. The van der Waals surface area contributed by atoms with Crippen molar-refractivity contribution < 1.29 is 9.53 Å². The number of halogens is 2. The number of carbonyl (C=O) groups excluding carboxylic acids is 1. The lowest BCUT2D eigenvalue weighted by Crippen LogP contribution is -2.35. The van der Waals surface area contributed by atoms with Crippen molar-refractivity contribution in [2.24, 2.45) is 5.92 Å². The normalized spacial score (nSPS) is 16.0. The van der Waals surface area contributed by atoms with Gasteiger partial charge in [-0.15, -0.1) is 12.4 Å². The molecule has 0 saturated carbocycles. The van der Waals surface area contributed by atoms with Crippen LogP contribution in [0.1, 0.15) is 24.2 Å². The first-order valence-electron chi connectivity index (χ1n) is 7.89. The molecule has 1 heterocycles. The van der Waals surface area contributed by atoms with Gasteiger partial charge in [0, 0.05) is 29.6 Å². The third-order valence-corrected chi connectivity index (χ3v) is 4.28. The van der Waals surface area contributed by atoms with Gasteiger partial charge in [0.15, 0.2) is 0 Å². The smallest absolute Gasteiger partial charge is 0.223 e. The first-order valence-corrected chi connectivity index (χ1v) is 8.27. The Morgan fingerprint density at radius 2 is 2.33 bits per heavy atom. The molecule has 7 heteroatoms. The summed E-state index contributed by atoms with van der Waals surface area (Å²) >= 11 is 5.90. The van der Waals surface area contributed by atoms with E-state index in [9.17, 15) is 4.79 Å². The molecule has 2 aromatic rings. The van der Waals surface area contributed by atoms with Crippen molar-refractivity contribution in [1.82, 2.24) is 15.3 Å². The van der Waals surface area contributed by atoms with Gasteiger partial charge in [-0.25, -0.2) is 4.98 Å². The second-order valence-electron chi connectivity index (χ2n) is 5.72. The number of benzene rings is 1. The number of aromatic nitrogens is 2. The van der Waals surface area contributed by atoms with Gasteiger partial charge in [-0.1, -0.05) is 17.7 Å². The highest BCUT2D eigenvalue weighted by molar-refractivity contribution is 6.30. The molecule has 0 radical (unpaired) electrons. The van der Waals surface area contributed by atoms with E-state index in [2.05, 4.69) is 15.3 Å². The predicted molar refractivity (Wildman–Crippen MR) is 95.9 cm³/mol. The number of ether oxygens (including phenoxy) is 1. The Balaban J connectivity index is 0.00000208. The first-order chi connectivity index (χ1) is 11.2. The minimum Gasteiger partial charge on any atom is -0.493 e. The van der Waals surface area contributed by atoms with Gasteiger partial charge in [-0.3, -0.25) is 4.79 Å². The van der Waals surface area contributed by atoms with E-state index in [4.69, 9.17) is 16.3 Å². The molecule has 1 unspecified atom stereocenters. The van der Waals surface area contributed by atoms with Gasteiger partial charge in [0.25, 0.3) is 0 Å². The zero-order valence-electron chi connectivity index (χ0n) is 13.3. The van der Waals surface area contributed by atoms with Gasteiger partial charge >= 0.3 is 0 Å². The number of nitrogens with one attached hydrogen (secondary N) is 2. The van der Waals surface area contributed by atoms with E-state index in [1.807, 2.05) is 18.2 Å². The molecule has 0 spiro atoms. The number of aromatic amines is 1. The number of hydrogen-bond donors (Lipinski definition) is 2. The number of amides is 1. The molecule has 0 fully saturated rings. The number of nitrogens with zero attached hydrogens (tertiary/aromatic N) is 1. The second-order valence-corrected chi connectivity index (χ2v) is 6.15. The summed E-state index contributed by atoms with van der Waals surface area (Å²) in [5.74, 6) is 0.910. The molecule has 1 amide bonds. The van der Waals surface area contributed by atoms with Gasteiger partial charge in [-0.05, 0) is 37.5 Å². The van der Waals surface area contributed by atoms with Crippen LogP contribution in [0.2, 0.25) is 5.02 Å². The molecule has 3 rings (SSSR count). The van der Waals surface area contributed by atoms with Gasteiger partial charge in [0.05, 0.1) is 18.6 Å². The van der Waals surface area contributed by atoms with E-state index in [0.717, 1.165) is 42.8 Å². The average Bonchev–Trinajstić information content (AvgIpc) is 3.02. The third-order valence-electron chi connectivity index (χ3n) is 4.04. The molecular formula is C17H21Cl2N3O2. The zero-order chi connectivity index (χ0) is 16.1. The van der Waals surface area contributed by atoms with Crippen LogP contribution < -0.4 is 10.1 Å². The topological polar surface area (TPSA) is 67.0 Å². The van der Waals surface area contributed by atoms with Crippen LogP contribution >= 0.6 is 24.0 Å². The van der Waals surface area contributed by atoms with Crippen LogP contribution in [0, 0.1) is 5.92 Å². The standard InChI is InChI=1S/C17H20ClN3O2.ClH/c18-13-3-1-4-14(10-13)23-8-2-7-19-17(22)12-5-6-15-16(9-12)21-11-20-15;/h1,3-4,10-12H,2,5-9H2,(H,19,22)(H,20,21);1H. The maximum Gasteiger partial charge on any atom is 0.223 e. The number of H-pyrrole nitrogens is 1. The summed E-state index contributed by atoms with van der Waals surface area (Å²) in [5.41, 5.74) is 2.20. The summed E-state index contributed by atoms with van der Waals surface area (Å²) in [6.45, 7) is 1.17. The highest BCUT2D eigenvalue weighted by atomic mass is 35.5. The summed E-state index contributed by atoms with van der Waals surface area (Å²) < 4.78 is 5.60. The van der Waals surface area contributed by atoms with E-state index in [1.165, 1.54) is 0 Å². The number of hydrogen-bond acceptors (Lipinski definition) is 3. The molecule has 1 atom stereocenters. The van der Waals surface area contributed by atoms with Crippen LogP contribution in [0.25, 0.3) is 0 Å². The quantitative estimate of drug-likeness (QED) is 0.768. The Labute approximate surface area is 152 Å². The molecule has 0 bridgehead atoms. The van der Waals surface area contributed by atoms with Crippen molar-refractivity contribution in [3.63, 3.8) is 0 Å². The van der Waals surface area contributed by atoms with Crippen LogP contribution in [0.4, 0.5) is 0 Å². The molecule has 1 aliphatic carbocycles. The fourth-order valence-corrected chi connectivity index (χ4v) is 2.98. The molecule has 0 aliphatic heterocycles. The van der Waals surface area contributed by atoms with Crippen molar-refractivity contribution >= 4 is 29.9 Å². The van der Waals surface area contributed by atoms with E-state index < -0.39 is 0 Å². The lowest BCUT2D eigenvalue weighted by molar-refractivity contribution is -0.125. The fourth-order valence-electron chi connectivity index (χ4n) is 2.80. The van der Waals surface area contributed by atoms with Crippen molar-refractivity contribution in [2.75, 3.05) is 13.2 Å². The van der Waals surface area contributed by atoms with E-state index in [0.29, 0.717) is 18.2 Å². The second kappa shape index (κ2) is 8.94. The number of rotatable bonds is 6. The Kier molecular flexibility index (Phi) is 6.94. The lowest BCUT2D eigenvalue weighted by atomic mass is 9.89. The summed E-state index contributed by atoms with van der Waals surface area (Å²) in [6, 6.07) is 7.31. The van der Waals surface area contributed by atoms with E-state index >= 15 is 0 Å². The van der Waals surface area contributed by atoms with Crippen LogP contribution in [0.3, 0.4) is 0 Å². The lowest BCUT2D eigenvalue weighted by Gasteiger charge is -2.20. The summed E-state index contributed by atoms with van der Waals surface area (Å²) in [7, 11) is 0. The number of aryl methyl sites for hydroxylation is 1. The van der Waals surface area contributed by atoms with Gasteiger partial charge < -0.3 is 15.0 Å². The van der Waals surface area contributed by atoms with Crippen molar-refractivity contribution in [1.29, 1.82) is 0 Å². The van der Waals surface area contributed by atoms with E-state index in [1.54, 1.807) is 12.4 Å². The van der Waals surface area contributed by atoms with Crippen LogP contribution in [-0.2, 0) is 17.6 Å². The first kappa shape index (κ1) is 18.6. The van der Waals surface area contributed by atoms with Crippen LogP contribution in [0.15, 0.2) is 30.6 Å². The Bertz CT molecular complexity index is 675. The molecule has 2 N–H and O–H groups in total. The van der Waals surface area contributed by atoms with Gasteiger partial charge in [0.2, 0.25) is 5.91 Å². The van der Waals surface area contributed by atoms with Crippen molar-refractivity contribution in [2.45, 2.75) is 25.7 Å². The van der Waals surface area contributed by atoms with Crippen molar-refractivity contribution in [3.05, 3.63) is 47.0 Å². The number of imidazole rings is 1. The maximum atomic E-state index is 12.2. The molecular weight excluding hydrogens is 349 g/mol. The molecule has 5 nitrogen and oxygen atoms in total. The molecule has 1 aromatic carbocycles. The van der Waals surface area contributed by atoms with Crippen LogP contribution in [-0.4, -0.2) is 29.0 Å². The largest absolute Gasteiger partial charge is 0.493 e. The highest BCUT2D eigenvalue weighted by Crippen LogP contribution is 2.22. The minimum absolute atomic E-state index is 0. The van der Waals surface area contributed by atoms with Crippen LogP contribution in [0.5, 0.6) is 5.75 Å². The summed E-state index contributed by atoms with van der Waals surface area (Å²) in [4.78, 5) is 19.6. The Morgan fingerprint density at radius 1 is 1.46 bits per heavy atom. The van der Waals surface area contributed by atoms with Crippen molar-refractivity contribution in [3.8, 4) is 5.75 Å². The van der Waals surface area contributed by atoms with Gasteiger partial charge in [-0.2, -0.15) is 0 Å². The Hall–Kier alpha value is -1.72. The number of carbonyl (C=O) groups is 1. The minimum atomic E-state index is 0. The molecule has 0 saturated heterocycles. The zero-order valence-corrected chi connectivity index (χ0v) is 14.8. The Morgan fingerprint density at radius 3 is 3.17 bits per heavy atom. The maximum absolute atomic E-state index is 12.2. The SMILES string of the molecule is Cl.O=C(NCCCOc1cccc(Cl)c1)C1CCc2nc[nH]c2C1. The molecule has 24 heavy (non-hydrogen) atoms. The summed E-state index contributed by atoms with van der Waals surface area (Å²) in [6.07, 6.45) is 4.95. The molecule has 130 valence electrons. The van der Waals surface area contributed by atoms with Gasteiger partial charge in [0.1, 0.15) is 5.75 Å². The van der Waals surface area contributed by atoms with E-state index in [-0.39, 0.29) is 24.2 Å². The fraction of sp³-hybridized carbons (Fsp3) is 0.412.